The van der Waals surface area contributed by atoms with E-state index in [0.717, 1.165) is 23.5 Å². The van der Waals surface area contributed by atoms with Gasteiger partial charge < -0.3 is 8.83 Å². The largest absolute Gasteiger partial charge is 0.464 e. The second-order valence-corrected chi connectivity index (χ2v) is 5.67. The third-order valence-corrected chi connectivity index (χ3v) is 3.87. The zero-order valence-electron chi connectivity index (χ0n) is 13.3. The second kappa shape index (κ2) is 6.22. The third kappa shape index (κ3) is 3.26. The average molecular weight is 355 g/mol. The zero-order valence-corrected chi connectivity index (χ0v) is 13.3. The van der Waals surface area contributed by atoms with Gasteiger partial charge in [0.15, 0.2) is 5.58 Å². The fraction of sp³-hybridized carbons (Fsp3) is 0.0500. The van der Waals surface area contributed by atoms with E-state index in [1.54, 1.807) is 30.5 Å². The molecule has 3 nitrogen and oxygen atoms in total. The molecular weight excluding hydrogens is 343 g/mol. The summed E-state index contributed by atoms with van der Waals surface area (Å²) < 4.78 is 48.7. The van der Waals surface area contributed by atoms with Gasteiger partial charge in [-0.3, -0.25) is 0 Å². The van der Waals surface area contributed by atoms with E-state index in [1.165, 1.54) is 12.1 Å². The van der Waals surface area contributed by atoms with Crippen molar-refractivity contribution >= 4 is 23.3 Å². The molecule has 0 aliphatic heterocycles. The Hall–Kier alpha value is -3.28. The summed E-state index contributed by atoms with van der Waals surface area (Å²) in [6, 6.07) is 14.1. The van der Waals surface area contributed by atoms with Gasteiger partial charge in [0.2, 0.25) is 5.89 Å². The van der Waals surface area contributed by atoms with E-state index >= 15 is 0 Å². The minimum atomic E-state index is -4.34. The van der Waals surface area contributed by atoms with E-state index < -0.39 is 11.7 Å². The van der Waals surface area contributed by atoms with Crippen molar-refractivity contribution in [2.24, 2.45) is 0 Å². The molecule has 0 saturated carbocycles. The highest BCUT2D eigenvalue weighted by Gasteiger charge is 2.29. The van der Waals surface area contributed by atoms with Gasteiger partial charge in [-0.25, -0.2) is 4.98 Å². The summed E-state index contributed by atoms with van der Waals surface area (Å²) in [6.07, 6.45) is 0.530. The van der Waals surface area contributed by atoms with Crippen LogP contribution < -0.4 is 0 Å². The SMILES string of the molecule is FC(F)(F)c1ccc(C=Cc2nc3cc(-c4ccco4)ccc3o2)cc1. The molecule has 0 saturated heterocycles. The van der Waals surface area contributed by atoms with Crippen LogP contribution >= 0.6 is 0 Å². The lowest BCUT2D eigenvalue weighted by molar-refractivity contribution is -0.137. The predicted molar refractivity (Wildman–Crippen MR) is 92.1 cm³/mol. The molecule has 2 aromatic heterocycles. The number of rotatable bonds is 3. The lowest BCUT2D eigenvalue weighted by atomic mass is 10.1. The molecular formula is C20H12F3NO2. The van der Waals surface area contributed by atoms with Crippen molar-refractivity contribution in [3.05, 3.63) is 77.9 Å². The first-order chi connectivity index (χ1) is 12.5. The smallest absolute Gasteiger partial charge is 0.416 e. The number of oxazole rings is 1. The van der Waals surface area contributed by atoms with E-state index in [2.05, 4.69) is 4.98 Å². The predicted octanol–water partition coefficient (Wildman–Crippen LogP) is 6.28. The summed E-state index contributed by atoms with van der Waals surface area (Å²) >= 11 is 0. The Kier molecular flexibility index (Phi) is 3.88. The quantitative estimate of drug-likeness (QED) is 0.434. The molecule has 0 fully saturated rings. The number of nitrogens with zero attached hydrogens (tertiary/aromatic N) is 1. The van der Waals surface area contributed by atoms with Crippen LogP contribution in [0.25, 0.3) is 34.6 Å². The number of fused-ring (bicyclic) bond motifs is 1. The molecule has 130 valence electrons. The van der Waals surface area contributed by atoms with Gasteiger partial charge >= 0.3 is 6.18 Å². The van der Waals surface area contributed by atoms with Crippen molar-refractivity contribution < 1.29 is 22.0 Å². The van der Waals surface area contributed by atoms with Crippen molar-refractivity contribution in [1.29, 1.82) is 0 Å². The molecule has 4 rings (SSSR count). The molecule has 0 aliphatic carbocycles. The van der Waals surface area contributed by atoms with E-state index in [1.807, 2.05) is 18.2 Å². The monoisotopic (exact) mass is 355 g/mol. The molecule has 0 unspecified atom stereocenters. The Labute approximate surface area is 146 Å². The first kappa shape index (κ1) is 16.2. The van der Waals surface area contributed by atoms with Gasteiger partial charge in [-0.05, 0) is 54.1 Å². The highest BCUT2D eigenvalue weighted by Crippen LogP contribution is 2.29. The average Bonchev–Trinajstić information content (AvgIpc) is 3.28. The highest BCUT2D eigenvalue weighted by molar-refractivity contribution is 5.80. The van der Waals surface area contributed by atoms with E-state index in [9.17, 15) is 13.2 Å². The molecule has 0 amide bonds. The van der Waals surface area contributed by atoms with Gasteiger partial charge in [-0.15, -0.1) is 0 Å². The number of hydrogen-bond acceptors (Lipinski definition) is 3. The minimum Gasteiger partial charge on any atom is -0.464 e. The Morgan fingerprint density at radius 2 is 1.73 bits per heavy atom. The lowest BCUT2D eigenvalue weighted by Gasteiger charge is -2.05. The molecule has 0 radical (unpaired) electrons. The van der Waals surface area contributed by atoms with Gasteiger partial charge in [0.1, 0.15) is 11.3 Å². The molecule has 0 atom stereocenters. The first-order valence-electron chi connectivity index (χ1n) is 7.79. The van der Waals surface area contributed by atoms with Crippen LogP contribution in [0.5, 0.6) is 0 Å². The van der Waals surface area contributed by atoms with Gasteiger partial charge in [0.25, 0.3) is 0 Å². The molecule has 26 heavy (non-hydrogen) atoms. The number of furan rings is 1. The van der Waals surface area contributed by atoms with Crippen LogP contribution in [0.1, 0.15) is 17.0 Å². The second-order valence-electron chi connectivity index (χ2n) is 5.67. The standard InChI is InChI=1S/C20H12F3NO2/c21-20(22,23)15-7-3-13(4-8-15)5-10-19-24-16-12-14(6-9-18(16)26-19)17-2-1-11-25-17/h1-12H. The summed E-state index contributed by atoms with van der Waals surface area (Å²) in [4.78, 5) is 4.38. The van der Waals surface area contributed by atoms with E-state index in [0.29, 0.717) is 22.6 Å². The van der Waals surface area contributed by atoms with Crippen molar-refractivity contribution in [1.82, 2.24) is 4.98 Å². The Morgan fingerprint density at radius 1 is 0.923 bits per heavy atom. The molecule has 2 aromatic carbocycles. The zero-order chi connectivity index (χ0) is 18.1. The Morgan fingerprint density at radius 3 is 2.42 bits per heavy atom. The summed E-state index contributed by atoms with van der Waals surface area (Å²) in [7, 11) is 0. The summed E-state index contributed by atoms with van der Waals surface area (Å²) in [5.41, 5.74) is 2.12. The van der Waals surface area contributed by atoms with Crippen LogP contribution in [0.2, 0.25) is 0 Å². The number of halogens is 3. The van der Waals surface area contributed by atoms with Gasteiger partial charge in [0, 0.05) is 11.6 Å². The molecule has 6 heteroatoms. The maximum absolute atomic E-state index is 12.6. The number of alkyl halides is 3. The molecule has 0 N–H and O–H groups in total. The van der Waals surface area contributed by atoms with E-state index in [-0.39, 0.29) is 0 Å². The number of aromatic nitrogens is 1. The normalized spacial score (nSPS) is 12.3. The number of benzene rings is 2. The van der Waals surface area contributed by atoms with Crippen LogP contribution in [0.4, 0.5) is 13.2 Å². The van der Waals surface area contributed by atoms with Gasteiger partial charge in [-0.1, -0.05) is 12.1 Å². The maximum Gasteiger partial charge on any atom is 0.416 e. The van der Waals surface area contributed by atoms with Crippen molar-refractivity contribution in [2.75, 3.05) is 0 Å². The fourth-order valence-electron chi connectivity index (χ4n) is 2.56. The van der Waals surface area contributed by atoms with Crippen LogP contribution in [0, 0.1) is 0 Å². The molecule has 4 aromatic rings. The minimum absolute atomic E-state index is 0.372. The first-order valence-corrected chi connectivity index (χ1v) is 7.79. The summed E-state index contributed by atoms with van der Waals surface area (Å²) in [6.45, 7) is 0. The summed E-state index contributed by atoms with van der Waals surface area (Å²) in [5, 5.41) is 0. The van der Waals surface area contributed by atoms with Crippen LogP contribution in [0.15, 0.2) is 69.7 Å². The van der Waals surface area contributed by atoms with Crippen molar-refractivity contribution in [3.63, 3.8) is 0 Å². The fourth-order valence-corrected chi connectivity index (χ4v) is 2.56. The maximum atomic E-state index is 12.6. The van der Waals surface area contributed by atoms with Crippen LogP contribution in [-0.4, -0.2) is 4.98 Å². The molecule has 2 heterocycles. The van der Waals surface area contributed by atoms with Gasteiger partial charge in [0.05, 0.1) is 11.8 Å². The Balaban J connectivity index is 1.58. The number of hydrogen-bond donors (Lipinski definition) is 0. The van der Waals surface area contributed by atoms with Crippen molar-refractivity contribution in [2.45, 2.75) is 6.18 Å². The molecule has 0 spiro atoms. The van der Waals surface area contributed by atoms with Crippen molar-refractivity contribution in [3.8, 4) is 11.3 Å². The lowest BCUT2D eigenvalue weighted by Crippen LogP contribution is -2.03. The Bertz CT molecular complexity index is 1060. The van der Waals surface area contributed by atoms with E-state index in [4.69, 9.17) is 8.83 Å². The molecule has 0 aliphatic rings. The molecule has 0 bridgehead atoms. The summed E-state index contributed by atoms with van der Waals surface area (Å²) in [5.74, 6) is 1.10. The topological polar surface area (TPSA) is 39.2 Å². The van der Waals surface area contributed by atoms with Gasteiger partial charge in [-0.2, -0.15) is 13.2 Å². The van der Waals surface area contributed by atoms with Crippen LogP contribution in [0.3, 0.4) is 0 Å². The third-order valence-electron chi connectivity index (χ3n) is 3.87. The highest BCUT2D eigenvalue weighted by atomic mass is 19.4. The van der Waals surface area contributed by atoms with Crippen LogP contribution in [-0.2, 0) is 6.18 Å².